The first-order valence-electron chi connectivity index (χ1n) is 14.7. The monoisotopic (exact) mass is 598 g/mol. The van der Waals surface area contributed by atoms with Crippen molar-refractivity contribution in [2.24, 2.45) is 5.92 Å². The average molecular weight is 599 g/mol. The number of rotatable bonds is 5. The Morgan fingerprint density at radius 3 is 2.84 bits per heavy atom. The smallest absolute Gasteiger partial charge is 0.319 e. The van der Waals surface area contributed by atoms with Crippen molar-refractivity contribution in [1.82, 2.24) is 19.9 Å². The number of anilines is 1. The highest BCUT2D eigenvalue weighted by Gasteiger charge is 2.49. The molecule has 0 aliphatic carbocycles. The number of aromatic nitrogens is 3. The van der Waals surface area contributed by atoms with E-state index in [1.807, 2.05) is 4.90 Å². The maximum atomic E-state index is 16.7. The highest BCUT2D eigenvalue weighted by Crippen LogP contribution is 2.42. The minimum Gasteiger partial charge on any atom is -0.508 e. The molecular weight excluding hydrogens is 569 g/mol. The maximum absolute atomic E-state index is 16.7. The molecule has 2 aromatic carbocycles. The number of pyridine rings is 1. The minimum absolute atomic E-state index is 0.0673. The van der Waals surface area contributed by atoms with Crippen molar-refractivity contribution in [1.29, 1.82) is 5.26 Å². The van der Waals surface area contributed by atoms with E-state index in [1.165, 1.54) is 30.5 Å². The molecule has 3 saturated heterocycles. The van der Waals surface area contributed by atoms with Crippen LogP contribution in [0.15, 0.2) is 30.5 Å². The lowest BCUT2D eigenvalue weighted by atomic mass is 9.95. The number of piperidine rings is 1. The minimum atomic E-state index is -0.941. The molecule has 3 fully saturated rings. The lowest BCUT2D eigenvalue weighted by Gasteiger charge is -2.32. The van der Waals surface area contributed by atoms with Gasteiger partial charge in [0.2, 0.25) is 0 Å². The number of hydrogen-bond donors (Lipinski definition) is 1. The van der Waals surface area contributed by atoms with Gasteiger partial charge in [0.1, 0.15) is 41.4 Å². The van der Waals surface area contributed by atoms with Crippen LogP contribution in [0.4, 0.5) is 19.0 Å². The quantitative estimate of drug-likeness (QED) is 0.301. The molecule has 2 aromatic heterocycles. The molecule has 224 valence electrons. The van der Waals surface area contributed by atoms with Crippen molar-refractivity contribution < 1.29 is 23.0 Å². The first-order chi connectivity index (χ1) is 21.3. The summed E-state index contributed by atoms with van der Waals surface area (Å²) in [5.74, 6) is 0.847. The Morgan fingerprint density at radius 1 is 1.16 bits per heavy atom. The van der Waals surface area contributed by atoms with Crippen LogP contribution in [-0.4, -0.2) is 69.5 Å². The van der Waals surface area contributed by atoms with E-state index in [9.17, 15) is 19.1 Å². The second kappa shape index (κ2) is 10.8. The van der Waals surface area contributed by atoms with Crippen molar-refractivity contribution in [3.8, 4) is 41.4 Å². The van der Waals surface area contributed by atoms with Gasteiger partial charge in [0, 0.05) is 43.2 Å². The summed E-state index contributed by atoms with van der Waals surface area (Å²) in [4.78, 5) is 17.6. The van der Waals surface area contributed by atoms with E-state index in [4.69, 9.17) is 11.2 Å². The molecule has 0 radical (unpaired) electrons. The Balaban J connectivity index is 1.38. The number of ether oxygens (including phenoxy) is 1. The Kier molecular flexibility index (Phi) is 6.94. The van der Waals surface area contributed by atoms with Gasteiger partial charge in [-0.25, -0.2) is 13.2 Å². The van der Waals surface area contributed by atoms with Gasteiger partial charge in [-0.3, -0.25) is 9.88 Å². The molecule has 1 N–H and O–H groups in total. The molecule has 5 heterocycles. The fourth-order valence-corrected chi connectivity index (χ4v) is 7.19. The molecular formula is C33H29F3N6O2. The zero-order valence-electron chi connectivity index (χ0n) is 23.9. The zero-order chi connectivity index (χ0) is 30.6. The van der Waals surface area contributed by atoms with Gasteiger partial charge in [0.05, 0.1) is 28.5 Å². The predicted octanol–water partition coefficient (Wildman–Crippen LogP) is 5.51. The molecule has 0 saturated carbocycles. The van der Waals surface area contributed by atoms with Gasteiger partial charge in [0.25, 0.3) is 0 Å². The SMILES string of the molecule is C#Cc1c(F)ccc2cc(O)cc(-c3ncc4c(N5CCC[C@@H](C#N)C5)nc(OC[C@@]56CCCN5C[C@H](F)C6)nc4c3F)c12. The normalized spacial score (nSPS) is 23.5. The van der Waals surface area contributed by atoms with Crippen molar-refractivity contribution in [3.63, 3.8) is 0 Å². The number of nitrogens with zero attached hydrogens (tertiary/aromatic N) is 6. The number of phenolic OH excluding ortho intramolecular Hbond substituents is 1. The van der Waals surface area contributed by atoms with E-state index >= 15 is 4.39 Å². The van der Waals surface area contributed by atoms with Crippen LogP contribution in [-0.2, 0) is 0 Å². The van der Waals surface area contributed by atoms with Crippen LogP contribution in [0.1, 0.15) is 37.7 Å². The molecule has 4 aromatic rings. The number of nitriles is 1. The molecule has 3 atom stereocenters. The lowest BCUT2D eigenvalue weighted by molar-refractivity contribution is 0.107. The van der Waals surface area contributed by atoms with Crippen molar-refractivity contribution >= 4 is 27.5 Å². The molecule has 0 amide bonds. The summed E-state index contributed by atoms with van der Waals surface area (Å²) in [6, 6.07) is 7.62. The summed E-state index contributed by atoms with van der Waals surface area (Å²) in [6.07, 6.45) is 9.71. The van der Waals surface area contributed by atoms with Crippen LogP contribution in [0, 0.1) is 41.2 Å². The van der Waals surface area contributed by atoms with E-state index < -0.39 is 23.3 Å². The van der Waals surface area contributed by atoms with E-state index in [1.54, 1.807) is 0 Å². The summed E-state index contributed by atoms with van der Waals surface area (Å²) in [6.45, 7) is 2.29. The summed E-state index contributed by atoms with van der Waals surface area (Å²) in [5.41, 5.74) is -0.698. The third-order valence-corrected chi connectivity index (χ3v) is 9.23. The van der Waals surface area contributed by atoms with Crippen LogP contribution in [0.2, 0.25) is 0 Å². The Hall–Kier alpha value is -4.61. The number of benzene rings is 2. The largest absolute Gasteiger partial charge is 0.508 e. The van der Waals surface area contributed by atoms with E-state index in [0.717, 1.165) is 32.2 Å². The molecule has 0 unspecified atom stereocenters. The third-order valence-electron chi connectivity index (χ3n) is 9.23. The van der Waals surface area contributed by atoms with Crippen LogP contribution >= 0.6 is 0 Å². The van der Waals surface area contributed by atoms with Gasteiger partial charge in [-0.1, -0.05) is 12.0 Å². The Labute approximate surface area is 252 Å². The summed E-state index contributed by atoms with van der Waals surface area (Å²) < 4.78 is 52.0. The number of alkyl halides is 1. The molecule has 11 heteroatoms. The molecule has 8 nitrogen and oxygen atoms in total. The predicted molar refractivity (Wildman–Crippen MR) is 159 cm³/mol. The van der Waals surface area contributed by atoms with Crippen LogP contribution in [0.3, 0.4) is 0 Å². The summed E-state index contributed by atoms with van der Waals surface area (Å²) in [7, 11) is 0. The second-order valence-electron chi connectivity index (χ2n) is 11.9. The number of aromatic hydroxyl groups is 1. The molecule has 44 heavy (non-hydrogen) atoms. The molecule has 0 spiro atoms. The van der Waals surface area contributed by atoms with Crippen LogP contribution < -0.4 is 9.64 Å². The standard InChI is InChI=1S/C33H29F3N6O2/c1-2-23-26(35)7-6-20-11-22(43)12-24(27(20)23)29-28(36)30-25(15-38-29)31(41-9-3-5-19(14-37)16-41)40-32(39-30)44-18-33-8-4-10-42(33)17-21(34)13-33/h1,6-7,11-12,15,19,21,43H,3-5,8-10,13,16-18H2/t19-,21+,33-/m0/s1. The molecule has 3 aliphatic heterocycles. The van der Waals surface area contributed by atoms with Crippen molar-refractivity contribution in [3.05, 3.63) is 47.7 Å². The Bertz CT molecular complexity index is 1890. The highest BCUT2D eigenvalue weighted by atomic mass is 19.1. The van der Waals surface area contributed by atoms with E-state index in [-0.39, 0.29) is 52.0 Å². The zero-order valence-corrected chi connectivity index (χ0v) is 23.9. The van der Waals surface area contributed by atoms with Gasteiger partial charge in [-0.05, 0) is 55.8 Å². The number of hydrogen-bond acceptors (Lipinski definition) is 8. The van der Waals surface area contributed by atoms with Crippen LogP contribution in [0.5, 0.6) is 11.8 Å². The third kappa shape index (κ3) is 4.63. The fraction of sp³-hybridized carbons (Fsp3) is 0.394. The van der Waals surface area contributed by atoms with Crippen molar-refractivity contribution in [2.45, 2.75) is 43.8 Å². The van der Waals surface area contributed by atoms with Gasteiger partial charge in [-0.2, -0.15) is 15.2 Å². The molecule has 0 bridgehead atoms. The number of terminal acetylenes is 1. The lowest BCUT2D eigenvalue weighted by Crippen LogP contribution is -2.43. The van der Waals surface area contributed by atoms with E-state index in [0.29, 0.717) is 42.6 Å². The van der Waals surface area contributed by atoms with Gasteiger partial charge < -0.3 is 14.7 Å². The summed E-state index contributed by atoms with van der Waals surface area (Å²) in [5, 5.41) is 21.1. The first-order valence-corrected chi connectivity index (χ1v) is 14.7. The molecule has 7 rings (SSSR count). The topological polar surface area (TPSA) is 98.4 Å². The number of phenols is 1. The van der Waals surface area contributed by atoms with Gasteiger partial charge in [0.15, 0.2) is 5.82 Å². The van der Waals surface area contributed by atoms with Gasteiger partial charge >= 0.3 is 6.01 Å². The average Bonchev–Trinajstić information content (AvgIpc) is 3.55. The van der Waals surface area contributed by atoms with Crippen LogP contribution in [0.25, 0.3) is 32.9 Å². The number of halogens is 3. The van der Waals surface area contributed by atoms with Crippen molar-refractivity contribution in [2.75, 3.05) is 37.7 Å². The summed E-state index contributed by atoms with van der Waals surface area (Å²) >= 11 is 0. The molecule has 3 aliphatic rings. The first kappa shape index (κ1) is 28.2. The number of fused-ring (bicyclic) bond motifs is 3. The van der Waals surface area contributed by atoms with Gasteiger partial charge in [-0.15, -0.1) is 6.42 Å². The Morgan fingerprint density at radius 2 is 2.02 bits per heavy atom. The maximum Gasteiger partial charge on any atom is 0.319 e. The van der Waals surface area contributed by atoms with E-state index in [2.05, 4.69) is 31.8 Å². The highest BCUT2D eigenvalue weighted by molar-refractivity contribution is 6.03. The fourth-order valence-electron chi connectivity index (χ4n) is 7.19. The second-order valence-corrected chi connectivity index (χ2v) is 11.9.